The Labute approximate surface area is 124 Å². The zero-order valence-corrected chi connectivity index (χ0v) is 12.0. The monoisotopic (exact) mass is 291 g/mol. The van der Waals surface area contributed by atoms with Gasteiger partial charge in [-0.3, -0.25) is 0 Å². The summed E-state index contributed by atoms with van der Waals surface area (Å²) in [6.45, 7) is 1.72. The highest BCUT2D eigenvalue weighted by Gasteiger charge is 1.97. The van der Waals surface area contributed by atoms with E-state index in [2.05, 4.69) is 0 Å². The fraction of sp³-hybridized carbons (Fsp3) is 0.250. The molecule has 106 valence electrons. The summed E-state index contributed by atoms with van der Waals surface area (Å²) in [5.41, 5.74) is 6.65. The Balaban J connectivity index is 1.68. The van der Waals surface area contributed by atoms with Gasteiger partial charge in [-0.15, -0.1) is 0 Å². The van der Waals surface area contributed by atoms with Crippen LogP contribution in [0.2, 0.25) is 5.02 Å². The molecule has 0 saturated carbocycles. The first-order valence-corrected chi connectivity index (χ1v) is 6.96. The summed E-state index contributed by atoms with van der Waals surface area (Å²) in [4.78, 5) is 0. The zero-order chi connectivity index (χ0) is 14.2. The maximum atomic E-state index is 5.88. The molecule has 0 aromatic heterocycles. The second kappa shape index (κ2) is 7.78. The summed E-state index contributed by atoms with van der Waals surface area (Å²) in [7, 11) is 0. The van der Waals surface area contributed by atoms with Crippen LogP contribution >= 0.6 is 11.6 Å². The molecule has 0 amide bonds. The molecule has 0 spiro atoms. The number of benzene rings is 2. The SMILES string of the molecule is NCc1cccc(OCCCOc2cccc(Cl)c2)c1. The third kappa shape index (κ3) is 4.76. The highest BCUT2D eigenvalue weighted by molar-refractivity contribution is 6.30. The van der Waals surface area contributed by atoms with E-state index >= 15 is 0 Å². The topological polar surface area (TPSA) is 44.5 Å². The van der Waals surface area contributed by atoms with Crippen molar-refractivity contribution in [2.75, 3.05) is 13.2 Å². The summed E-state index contributed by atoms with van der Waals surface area (Å²) >= 11 is 5.88. The smallest absolute Gasteiger partial charge is 0.120 e. The van der Waals surface area contributed by atoms with Gasteiger partial charge in [0.2, 0.25) is 0 Å². The predicted molar refractivity (Wildman–Crippen MR) is 81.4 cm³/mol. The van der Waals surface area contributed by atoms with Gasteiger partial charge in [0.25, 0.3) is 0 Å². The molecule has 0 aliphatic carbocycles. The summed E-state index contributed by atoms with van der Waals surface area (Å²) < 4.78 is 11.2. The molecular formula is C16H18ClNO2. The van der Waals surface area contributed by atoms with Crippen LogP contribution in [0.25, 0.3) is 0 Å². The zero-order valence-electron chi connectivity index (χ0n) is 11.2. The number of ether oxygens (including phenoxy) is 2. The molecule has 4 heteroatoms. The lowest BCUT2D eigenvalue weighted by Crippen LogP contribution is -2.05. The van der Waals surface area contributed by atoms with Crippen LogP contribution in [0.5, 0.6) is 11.5 Å². The lowest BCUT2D eigenvalue weighted by molar-refractivity contribution is 0.247. The van der Waals surface area contributed by atoms with Gasteiger partial charge in [-0.25, -0.2) is 0 Å². The van der Waals surface area contributed by atoms with Crippen molar-refractivity contribution in [3.63, 3.8) is 0 Å². The van der Waals surface area contributed by atoms with Crippen molar-refractivity contribution in [3.8, 4) is 11.5 Å². The molecular weight excluding hydrogens is 274 g/mol. The van der Waals surface area contributed by atoms with E-state index in [1.807, 2.05) is 42.5 Å². The van der Waals surface area contributed by atoms with E-state index < -0.39 is 0 Å². The van der Waals surface area contributed by atoms with Crippen LogP contribution < -0.4 is 15.2 Å². The first kappa shape index (κ1) is 14.7. The van der Waals surface area contributed by atoms with E-state index in [9.17, 15) is 0 Å². The van der Waals surface area contributed by atoms with Crippen LogP contribution in [0.4, 0.5) is 0 Å². The van der Waals surface area contributed by atoms with Gasteiger partial charge in [-0.2, -0.15) is 0 Å². The van der Waals surface area contributed by atoms with Crippen molar-refractivity contribution < 1.29 is 9.47 Å². The maximum absolute atomic E-state index is 5.88. The molecule has 0 saturated heterocycles. The van der Waals surface area contributed by atoms with Gasteiger partial charge in [0.15, 0.2) is 0 Å². The third-order valence-electron chi connectivity index (χ3n) is 2.76. The Morgan fingerprint density at radius 2 is 1.55 bits per heavy atom. The molecule has 2 N–H and O–H groups in total. The highest BCUT2D eigenvalue weighted by Crippen LogP contribution is 2.17. The van der Waals surface area contributed by atoms with E-state index in [0.717, 1.165) is 23.5 Å². The molecule has 0 atom stereocenters. The van der Waals surface area contributed by atoms with Crippen LogP contribution in [-0.2, 0) is 6.54 Å². The van der Waals surface area contributed by atoms with Crippen molar-refractivity contribution >= 4 is 11.6 Å². The second-order valence-electron chi connectivity index (χ2n) is 4.36. The Bertz CT molecular complexity index is 546. The minimum absolute atomic E-state index is 0.523. The van der Waals surface area contributed by atoms with Crippen LogP contribution in [0, 0.1) is 0 Å². The number of nitrogens with two attached hydrogens (primary N) is 1. The summed E-state index contributed by atoms with van der Waals surface area (Å²) in [5, 5.41) is 0.678. The van der Waals surface area contributed by atoms with E-state index in [1.54, 1.807) is 6.07 Å². The predicted octanol–water partition coefficient (Wildman–Crippen LogP) is 3.65. The minimum Gasteiger partial charge on any atom is -0.493 e. The molecule has 0 bridgehead atoms. The van der Waals surface area contributed by atoms with Gasteiger partial charge < -0.3 is 15.2 Å². The second-order valence-corrected chi connectivity index (χ2v) is 4.80. The van der Waals surface area contributed by atoms with E-state index in [4.69, 9.17) is 26.8 Å². The summed E-state index contributed by atoms with van der Waals surface area (Å²) in [6.07, 6.45) is 0.805. The van der Waals surface area contributed by atoms with E-state index in [0.29, 0.717) is 24.8 Å². The average Bonchev–Trinajstić information content (AvgIpc) is 2.47. The molecule has 2 aromatic rings. The van der Waals surface area contributed by atoms with Gasteiger partial charge >= 0.3 is 0 Å². The average molecular weight is 292 g/mol. The molecule has 20 heavy (non-hydrogen) atoms. The fourth-order valence-electron chi connectivity index (χ4n) is 1.76. The first-order chi connectivity index (χ1) is 9.78. The summed E-state index contributed by atoms with van der Waals surface area (Å²) in [5.74, 6) is 1.62. The molecule has 0 fully saturated rings. The largest absolute Gasteiger partial charge is 0.493 e. The standard InChI is InChI=1S/C16H18ClNO2/c17-14-5-2-7-16(11-14)20-9-3-8-19-15-6-1-4-13(10-15)12-18/h1-2,4-7,10-11H,3,8-9,12,18H2. The molecule has 0 heterocycles. The van der Waals surface area contributed by atoms with Gasteiger partial charge in [0, 0.05) is 18.0 Å². The van der Waals surface area contributed by atoms with Crippen molar-refractivity contribution in [2.24, 2.45) is 5.73 Å². The summed E-state index contributed by atoms with van der Waals surface area (Å²) in [6, 6.07) is 15.2. The molecule has 0 unspecified atom stereocenters. The Morgan fingerprint density at radius 3 is 2.20 bits per heavy atom. The molecule has 2 rings (SSSR count). The maximum Gasteiger partial charge on any atom is 0.120 e. The minimum atomic E-state index is 0.523. The molecule has 0 aliphatic rings. The molecule has 3 nitrogen and oxygen atoms in total. The fourth-order valence-corrected chi connectivity index (χ4v) is 1.94. The van der Waals surface area contributed by atoms with Crippen molar-refractivity contribution in [2.45, 2.75) is 13.0 Å². The van der Waals surface area contributed by atoms with Gasteiger partial charge in [0.05, 0.1) is 13.2 Å². The quantitative estimate of drug-likeness (QED) is 0.792. The highest BCUT2D eigenvalue weighted by atomic mass is 35.5. The van der Waals surface area contributed by atoms with Crippen molar-refractivity contribution in [3.05, 3.63) is 59.1 Å². The number of hydrogen-bond acceptors (Lipinski definition) is 3. The Morgan fingerprint density at radius 1 is 0.900 bits per heavy atom. The van der Waals surface area contributed by atoms with Gasteiger partial charge in [-0.1, -0.05) is 29.8 Å². The van der Waals surface area contributed by atoms with Gasteiger partial charge in [-0.05, 0) is 35.9 Å². The van der Waals surface area contributed by atoms with Crippen LogP contribution in [0.3, 0.4) is 0 Å². The lowest BCUT2D eigenvalue weighted by Gasteiger charge is -2.09. The Hall–Kier alpha value is -1.71. The van der Waals surface area contributed by atoms with Crippen LogP contribution in [-0.4, -0.2) is 13.2 Å². The van der Waals surface area contributed by atoms with Crippen LogP contribution in [0.15, 0.2) is 48.5 Å². The van der Waals surface area contributed by atoms with E-state index in [1.165, 1.54) is 0 Å². The lowest BCUT2D eigenvalue weighted by atomic mass is 10.2. The number of halogens is 1. The molecule has 2 aromatic carbocycles. The molecule has 0 aliphatic heterocycles. The normalized spacial score (nSPS) is 10.3. The van der Waals surface area contributed by atoms with Crippen molar-refractivity contribution in [1.29, 1.82) is 0 Å². The molecule has 0 radical (unpaired) electrons. The van der Waals surface area contributed by atoms with Gasteiger partial charge in [0.1, 0.15) is 11.5 Å². The van der Waals surface area contributed by atoms with Crippen LogP contribution in [0.1, 0.15) is 12.0 Å². The number of rotatable bonds is 7. The first-order valence-electron chi connectivity index (χ1n) is 6.58. The van der Waals surface area contributed by atoms with E-state index in [-0.39, 0.29) is 0 Å². The number of hydrogen-bond donors (Lipinski definition) is 1. The van der Waals surface area contributed by atoms with Crippen molar-refractivity contribution in [1.82, 2.24) is 0 Å². The Kier molecular flexibility index (Phi) is 5.71. The third-order valence-corrected chi connectivity index (χ3v) is 2.99.